The van der Waals surface area contributed by atoms with E-state index in [1.807, 2.05) is 0 Å². The molecule has 0 saturated heterocycles. The molecule has 0 aromatic heterocycles. The van der Waals surface area contributed by atoms with E-state index in [2.05, 4.69) is 4.29 Å². The van der Waals surface area contributed by atoms with Crippen molar-refractivity contribution in [1.82, 2.24) is 0 Å². The first-order valence-corrected chi connectivity index (χ1v) is 3.69. The summed E-state index contributed by atoms with van der Waals surface area (Å²) in [4.78, 5) is 0. The predicted octanol–water partition coefficient (Wildman–Crippen LogP) is 3.23. The fourth-order valence-corrected chi connectivity index (χ4v) is 1.10. The molecular weight excluding hydrogens is 210 g/mol. The number of rotatable bonds is 1. The van der Waals surface area contributed by atoms with Crippen LogP contribution in [0.4, 0.5) is 0 Å². The Kier molecular flexibility index (Phi) is 2.71. The summed E-state index contributed by atoms with van der Waals surface area (Å²) in [7, 11) is 0. The van der Waals surface area contributed by atoms with Crippen molar-refractivity contribution in [1.29, 1.82) is 0 Å². The van der Waals surface area contributed by atoms with Crippen LogP contribution in [0.25, 0.3) is 0 Å². The van der Waals surface area contributed by atoms with Crippen LogP contribution in [0.3, 0.4) is 0 Å². The summed E-state index contributed by atoms with van der Waals surface area (Å²) < 4.78 is 4.33. The van der Waals surface area contributed by atoms with E-state index in [0.29, 0.717) is 0 Å². The second kappa shape index (κ2) is 3.39. The van der Waals surface area contributed by atoms with Gasteiger partial charge in [-0.1, -0.05) is 23.2 Å². The lowest BCUT2D eigenvalue weighted by molar-refractivity contribution is 0.474. The molecule has 0 bridgehead atoms. The Morgan fingerprint density at radius 1 is 1.18 bits per heavy atom. The molecule has 60 valence electrons. The summed E-state index contributed by atoms with van der Waals surface area (Å²) in [6.07, 6.45) is 0. The standard InChI is InChI=1S/C6H3Cl3O2/c7-5-3(10)1-2-4(11-9)6(5)8/h1-2,10H. The third-order valence-electron chi connectivity index (χ3n) is 1.11. The topological polar surface area (TPSA) is 29.5 Å². The SMILES string of the molecule is Oc1ccc(OCl)c(Cl)c1Cl. The van der Waals surface area contributed by atoms with Gasteiger partial charge in [0.1, 0.15) is 27.7 Å². The average Bonchev–Trinajstić information content (AvgIpc) is 2.01. The van der Waals surface area contributed by atoms with Crippen molar-refractivity contribution in [2.75, 3.05) is 0 Å². The maximum atomic E-state index is 9.01. The molecule has 0 heterocycles. The fourth-order valence-electron chi connectivity index (χ4n) is 0.581. The number of hydrogen-bond donors (Lipinski definition) is 1. The van der Waals surface area contributed by atoms with E-state index in [1.165, 1.54) is 12.1 Å². The Balaban J connectivity index is 3.25. The molecule has 11 heavy (non-hydrogen) atoms. The lowest BCUT2D eigenvalue weighted by Crippen LogP contribution is -1.78. The number of hydrogen-bond acceptors (Lipinski definition) is 2. The Morgan fingerprint density at radius 3 is 2.36 bits per heavy atom. The van der Waals surface area contributed by atoms with Crippen LogP contribution in [0.1, 0.15) is 0 Å². The molecule has 5 heteroatoms. The third-order valence-corrected chi connectivity index (χ3v) is 2.13. The first kappa shape index (κ1) is 8.78. The number of phenols is 1. The Morgan fingerprint density at radius 2 is 1.82 bits per heavy atom. The molecule has 0 aliphatic heterocycles. The molecule has 0 amide bonds. The van der Waals surface area contributed by atoms with Gasteiger partial charge in [-0.05, 0) is 12.1 Å². The van der Waals surface area contributed by atoms with Crippen LogP contribution in [0.5, 0.6) is 11.5 Å². The van der Waals surface area contributed by atoms with Gasteiger partial charge in [0, 0.05) is 0 Å². The normalized spacial score (nSPS) is 9.73. The zero-order chi connectivity index (χ0) is 8.43. The lowest BCUT2D eigenvalue weighted by Gasteiger charge is -2.02. The molecule has 0 saturated carbocycles. The Hall–Kier alpha value is -0.310. The minimum atomic E-state index is -0.103. The van der Waals surface area contributed by atoms with E-state index in [0.717, 1.165) is 0 Å². The molecule has 0 aliphatic rings. The van der Waals surface area contributed by atoms with Crippen molar-refractivity contribution in [3.8, 4) is 11.5 Å². The maximum Gasteiger partial charge on any atom is 0.166 e. The molecule has 0 aliphatic carbocycles. The van der Waals surface area contributed by atoms with E-state index in [1.54, 1.807) is 0 Å². The van der Waals surface area contributed by atoms with Gasteiger partial charge in [-0.3, -0.25) is 0 Å². The largest absolute Gasteiger partial charge is 0.506 e. The van der Waals surface area contributed by atoms with E-state index in [-0.39, 0.29) is 21.5 Å². The summed E-state index contributed by atoms with van der Waals surface area (Å²) in [5.41, 5.74) is 0. The summed E-state index contributed by atoms with van der Waals surface area (Å²) in [5, 5.41) is 9.14. The van der Waals surface area contributed by atoms with Gasteiger partial charge >= 0.3 is 0 Å². The second-order valence-electron chi connectivity index (χ2n) is 1.79. The number of phenolic OH excluding ortho intramolecular Hbond substituents is 1. The van der Waals surface area contributed by atoms with Gasteiger partial charge in [-0.15, -0.1) is 0 Å². The summed E-state index contributed by atoms with van der Waals surface area (Å²) in [5.74, 6) is 0.116. The Labute approximate surface area is 78.4 Å². The highest BCUT2D eigenvalue weighted by Crippen LogP contribution is 2.38. The van der Waals surface area contributed by atoms with Gasteiger partial charge in [-0.25, -0.2) is 0 Å². The molecule has 0 unspecified atom stereocenters. The molecule has 1 aromatic carbocycles. The zero-order valence-electron chi connectivity index (χ0n) is 5.14. The average molecular weight is 213 g/mol. The van der Waals surface area contributed by atoms with Gasteiger partial charge in [0.05, 0.1) is 0 Å². The van der Waals surface area contributed by atoms with Crippen LogP contribution in [-0.2, 0) is 0 Å². The van der Waals surface area contributed by atoms with Crippen LogP contribution >= 0.6 is 35.1 Å². The van der Waals surface area contributed by atoms with E-state index in [9.17, 15) is 0 Å². The second-order valence-corrected chi connectivity index (χ2v) is 2.70. The highest BCUT2D eigenvalue weighted by atomic mass is 35.5. The van der Waals surface area contributed by atoms with Gasteiger partial charge in [0.25, 0.3) is 0 Å². The van der Waals surface area contributed by atoms with Crippen LogP contribution in [0.2, 0.25) is 10.0 Å². The van der Waals surface area contributed by atoms with E-state index >= 15 is 0 Å². The van der Waals surface area contributed by atoms with Crippen LogP contribution in [0.15, 0.2) is 12.1 Å². The van der Waals surface area contributed by atoms with Crippen LogP contribution in [-0.4, -0.2) is 5.11 Å². The molecule has 0 spiro atoms. The van der Waals surface area contributed by atoms with Crippen molar-refractivity contribution >= 4 is 35.1 Å². The molecule has 0 fully saturated rings. The number of halogens is 3. The monoisotopic (exact) mass is 212 g/mol. The molecule has 2 nitrogen and oxygen atoms in total. The number of aromatic hydroxyl groups is 1. The molecule has 1 rings (SSSR count). The van der Waals surface area contributed by atoms with Gasteiger partial charge in [0.15, 0.2) is 5.75 Å². The Bertz CT molecular complexity index is 275. The zero-order valence-corrected chi connectivity index (χ0v) is 7.41. The predicted molar refractivity (Wildman–Crippen MR) is 44.6 cm³/mol. The minimum Gasteiger partial charge on any atom is -0.506 e. The molecule has 1 aromatic rings. The van der Waals surface area contributed by atoms with Crippen molar-refractivity contribution in [3.63, 3.8) is 0 Å². The summed E-state index contributed by atoms with van der Waals surface area (Å²) in [6, 6.07) is 2.75. The van der Waals surface area contributed by atoms with E-state index < -0.39 is 0 Å². The molecular formula is C6H3Cl3O2. The lowest BCUT2D eigenvalue weighted by atomic mass is 10.3. The van der Waals surface area contributed by atoms with Gasteiger partial charge < -0.3 is 9.40 Å². The quantitative estimate of drug-likeness (QED) is 0.776. The minimum absolute atomic E-state index is 0.0322. The van der Waals surface area contributed by atoms with Crippen molar-refractivity contribution in [2.24, 2.45) is 0 Å². The van der Waals surface area contributed by atoms with Crippen molar-refractivity contribution < 1.29 is 9.40 Å². The maximum absolute atomic E-state index is 9.01. The van der Waals surface area contributed by atoms with Crippen molar-refractivity contribution in [3.05, 3.63) is 22.2 Å². The molecule has 1 N–H and O–H groups in total. The summed E-state index contributed by atoms with van der Waals surface area (Å²) >= 11 is 16.2. The highest BCUT2D eigenvalue weighted by Gasteiger charge is 2.09. The molecule has 0 atom stereocenters. The number of benzene rings is 1. The third kappa shape index (κ3) is 1.64. The molecule has 0 radical (unpaired) electrons. The van der Waals surface area contributed by atoms with E-state index in [4.69, 9.17) is 40.2 Å². The first-order chi connectivity index (χ1) is 5.16. The van der Waals surface area contributed by atoms with Gasteiger partial charge in [-0.2, -0.15) is 0 Å². The van der Waals surface area contributed by atoms with Crippen LogP contribution < -0.4 is 4.29 Å². The van der Waals surface area contributed by atoms with Crippen LogP contribution in [0, 0.1) is 0 Å². The first-order valence-electron chi connectivity index (χ1n) is 2.62. The summed E-state index contributed by atoms with van der Waals surface area (Å²) in [6.45, 7) is 0. The fraction of sp³-hybridized carbons (Fsp3) is 0. The highest BCUT2D eigenvalue weighted by molar-refractivity contribution is 6.44. The smallest absolute Gasteiger partial charge is 0.166 e. The van der Waals surface area contributed by atoms with Gasteiger partial charge in [0.2, 0.25) is 0 Å². The van der Waals surface area contributed by atoms with Crippen molar-refractivity contribution in [2.45, 2.75) is 0 Å².